The fourth-order valence-electron chi connectivity index (χ4n) is 4.25. The van der Waals surface area contributed by atoms with Gasteiger partial charge in [0, 0.05) is 45.3 Å². The van der Waals surface area contributed by atoms with Crippen LogP contribution in [0.2, 0.25) is 0 Å². The first kappa shape index (κ1) is 22.3. The second-order valence-corrected chi connectivity index (χ2v) is 8.37. The maximum Gasteiger partial charge on any atom is 0.260 e. The lowest BCUT2D eigenvalue weighted by Crippen LogP contribution is -2.46. The number of hydrogen-bond acceptors (Lipinski definition) is 6. The van der Waals surface area contributed by atoms with Gasteiger partial charge in [-0.2, -0.15) is 0 Å². The molecule has 0 unspecified atom stereocenters. The minimum absolute atomic E-state index is 0.0568. The van der Waals surface area contributed by atoms with E-state index in [1.54, 1.807) is 12.1 Å². The van der Waals surface area contributed by atoms with Crippen LogP contribution in [0.15, 0.2) is 45.8 Å². The molecule has 0 N–H and O–H groups in total. The fourth-order valence-corrected chi connectivity index (χ4v) is 4.25. The van der Waals surface area contributed by atoms with Crippen LogP contribution in [-0.2, 0) is 11.3 Å². The molecular formula is C24H30FN3O4. The zero-order chi connectivity index (χ0) is 22.3. The maximum absolute atomic E-state index is 14.0. The molecule has 0 atom stereocenters. The minimum atomic E-state index is -0.292. The van der Waals surface area contributed by atoms with Gasteiger partial charge in [0.2, 0.25) is 11.2 Å². The smallest absolute Gasteiger partial charge is 0.260 e. The molecule has 2 aliphatic rings. The van der Waals surface area contributed by atoms with Crippen LogP contribution in [0, 0.1) is 5.82 Å². The summed E-state index contributed by atoms with van der Waals surface area (Å²) in [5.41, 5.74) is 0.329. The Bertz CT molecular complexity index is 964. The molecule has 1 aromatic carbocycles. The molecule has 0 bridgehead atoms. The molecule has 2 aliphatic heterocycles. The number of halogens is 1. The van der Waals surface area contributed by atoms with Gasteiger partial charge in [-0.25, -0.2) is 4.39 Å². The van der Waals surface area contributed by atoms with E-state index in [-0.39, 0.29) is 29.5 Å². The number of carbonyl (C=O) groups is 1. The van der Waals surface area contributed by atoms with E-state index in [4.69, 9.17) is 9.15 Å². The average molecular weight is 444 g/mol. The van der Waals surface area contributed by atoms with Gasteiger partial charge in [0.15, 0.2) is 6.61 Å². The van der Waals surface area contributed by atoms with E-state index in [1.807, 2.05) is 15.9 Å². The van der Waals surface area contributed by atoms with E-state index in [0.717, 1.165) is 51.9 Å². The zero-order valence-electron chi connectivity index (χ0n) is 18.3. The number of nitrogens with zero attached hydrogens (tertiary/aromatic N) is 3. The van der Waals surface area contributed by atoms with Crippen molar-refractivity contribution in [2.75, 3.05) is 50.8 Å². The van der Waals surface area contributed by atoms with Gasteiger partial charge in [-0.3, -0.25) is 14.5 Å². The van der Waals surface area contributed by atoms with Crippen LogP contribution in [0.3, 0.4) is 0 Å². The summed E-state index contributed by atoms with van der Waals surface area (Å²) in [5.74, 6) is 0.293. The number of piperazine rings is 1. The van der Waals surface area contributed by atoms with Crippen LogP contribution < -0.4 is 15.1 Å². The van der Waals surface area contributed by atoms with E-state index in [0.29, 0.717) is 31.1 Å². The van der Waals surface area contributed by atoms with E-state index in [9.17, 15) is 14.0 Å². The Morgan fingerprint density at radius 3 is 2.41 bits per heavy atom. The largest absolute Gasteiger partial charge is 0.477 e. The molecule has 8 heteroatoms. The summed E-state index contributed by atoms with van der Waals surface area (Å²) in [5, 5.41) is 0. The van der Waals surface area contributed by atoms with Crippen LogP contribution in [0.25, 0.3) is 0 Å². The lowest BCUT2D eigenvalue weighted by Gasteiger charge is -2.35. The Morgan fingerprint density at radius 1 is 1.00 bits per heavy atom. The number of para-hydroxylation sites is 1. The molecule has 172 valence electrons. The molecule has 3 heterocycles. The highest BCUT2D eigenvalue weighted by Gasteiger charge is 2.21. The van der Waals surface area contributed by atoms with E-state index < -0.39 is 0 Å². The molecular weight excluding hydrogens is 413 g/mol. The summed E-state index contributed by atoms with van der Waals surface area (Å²) in [4.78, 5) is 30.8. The molecule has 32 heavy (non-hydrogen) atoms. The SMILES string of the molecule is O=C(COc1coc(CN2CCN(c3ccccc3F)CC2)cc1=O)N1CCCCCC1. The van der Waals surface area contributed by atoms with E-state index in [2.05, 4.69) is 4.90 Å². The average Bonchev–Trinajstić information content (AvgIpc) is 3.09. The lowest BCUT2D eigenvalue weighted by molar-refractivity contribution is -0.133. The van der Waals surface area contributed by atoms with Crippen LogP contribution in [0.4, 0.5) is 10.1 Å². The third kappa shape index (κ3) is 5.68. The van der Waals surface area contributed by atoms with Crippen molar-refractivity contribution < 1.29 is 18.3 Å². The summed E-state index contributed by atoms with van der Waals surface area (Å²) in [7, 11) is 0. The predicted octanol–water partition coefficient (Wildman–Crippen LogP) is 2.88. The summed E-state index contributed by atoms with van der Waals surface area (Å²) >= 11 is 0. The van der Waals surface area contributed by atoms with Crippen molar-refractivity contribution in [3.05, 3.63) is 58.4 Å². The van der Waals surface area contributed by atoms with Crippen molar-refractivity contribution in [3.63, 3.8) is 0 Å². The molecule has 0 aliphatic carbocycles. The summed E-state index contributed by atoms with van der Waals surface area (Å²) in [6, 6.07) is 8.22. The number of benzene rings is 1. The number of ether oxygens (including phenoxy) is 1. The van der Waals surface area contributed by atoms with Crippen LogP contribution in [0.5, 0.6) is 5.75 Å². The normalized spacial score (nSPS) is 17.8. The first-order valence-electron chi connectivity index (χ1n) is 11.3. The Balaban J connectivity index is 1.27. The standard InChI is InChI=1S/C24H30FN3O4/c25-20-7-3-4-8-21(20)27-13-11-26(12-14-27)16-19-15-22(29)23(17-31-19)32-18-24(30)28-9-5-1-2-6-10-28/h3-4,7-8,15,17H,1-2,5-6,9-14,16,18H2. The molecule has 0 saturated carbocycles. The van der Waals surface area contributed by atoms with E-state index in [1.165, 1.54) is 18.4 Å². The van der Waals surface area contributed by atoms with Gasteiger partial charge >= 0.3 is 0 Å². The highest BCUT2D eigenvalue weighted by atomic mass is 19.1. The van der Waals surface area contributed by atoms with Crippen molar-refractivity contribution in [2.45, 2.75) is 32.2 Å². The van der Waals surface area contributed by atoms with Crippen molar-refractivity contribution in [1.29, 1.82) is 0 Å². The second-order valence-electron chi connectivity index (χ2n) is 8.37. The number of carbonyl (C=O) groups excluding carboxylic acids is 1. The molecule has 1 amide bonds. The predicted molar refractivity (Wildman–Crippen MR) is 119 cm³/mol. The van der Waals surface area contributed by atoms with Crippen LogP contribution >= 0.6 is 0 Å². The summed E-state index contributed by atoms with van der Waals surface area (Å²) in [6.45, 7) is 4.71. The topological polar surface area (TPSA) is 66.2 Å². The number of rotatable bonds is 6. The quantitative estimate of drug-likeness (QED) is 0.684. The van der Waals surface area contributed by atoms with Crippen molar-refractivity contribution in [2.24, 2.45) is 0 Å². The van der Waals surface area contributed by atoms with Gasteiger partial charge in [-0.1, -0.05) is 25.0 Å². The Morgan fingerprint density at radius 2 is 1.72 bits per heavy atom. The van der Waals surface area contributed by atoms with Gasteiger partial charge in [-0.05, 0) is 25.0 Å². The van der Waals surface area contributed by atoms with Gasteiger partial charge in [0.05, 0.1) is 12.2 Å². The molecule has 0 radical (unpaired) electrons. The lowest BCUT2D eigenvalue weighted by atomic mass is 10.2. The number of amides is 1. The molecule has 0 spiro atoms. The Kier molecular flexibility index (Phi) is 7.42. The first-order valence-corrected chi connectivity index (χ1v) is 11.3. The highest BCUT2D eigenvalue weighted by molar-refractivity contribution is 5.77. The Hall–Kier alpha value is -2.87. The monoisotopic (exact) mass is 443 g/mol. The second kappa shape index (κ2) is 10.6. The van der Waals surface area contributed by atoms with Gasteiger partial charge < -0.3 is 19.0 Å². The summed E-state index contributed by atoms with van der Waals surface area (Å²) in [6.07, 6.45) is 5.61. The van der Waals surface area contributed by atoms with Gasteiger partial charge in [0.1, 0.15) is 17.8 Å². The van der Waals surface area contributed by atoms with Gasteiger partial charge in [0.25, 0.3) is 5.91 Å². The van der Waals surface area contributed by atoms with Crippen molar-refractivity contribution >= 4 is 11.6 Å². The number of hydrogen-bond donors (Lipinski definition) is 0. The number of anilines is 1. The number of likely N-dealkylation sites (tertiary alicyclic amines) is 1. The first-order chi connectivity index (χ1) is 15.6. The molecule has 4 rings (SSSR count). The molecule has 1 aromatic heterocycles. The van der Waals surface area contributed by atoms with E-state index >= 15 is 0 Å². The molecule has 7 nitrogen and oxygen atoms in total. The summed E-state index contributed by atoms with van der Waals surface area (Å²) < 4.78 is 25.1. The zero-order valence-corrected chi connectivity index (χ0v) is 18.3. The maximum atomic E-state index is 14.0. The molecule has 2 fully saturated rings. The Labute approximate surface area is 187 Å². The van der Waals surface area contributed by atoms with Crippen LogP contribution in [-0.4, -0.2) is 61.6 Å². The third-order valence-corrected chi connectivity index (χ3v) is 6.11. The molecule has 2 saturated heterocycles. The van der Waals surface area contributed by atoms with Crippen molar-refractivity contribution in [1.82, 2.24) is 9.80 Å². The fraction of sp³-hybridized carbons (Fsp3) is 0.500. The van der Waals surface area contributed by atoms with Crippen molar-refractivity contribution in [3.8, 4) is 5.75 Å². The minimum Gasteiger partial charge on any atom is -0.477 e. The third-order valence-electron chi connectivity index (χ3n) is 6.11. The van der Waals surface area contributed by atoms with Gasteiger partial charge in [-0.15, -0.1) is 0 Å². The highest BCUT2D eigenvalue weighted by Crippen LogP contribution is 2.21. The van der Waals surface area contributed by atoms with Crippen LogP contribution in [0.1, 0.15) is 31.4 Å². The molecule has 2 aromatic rings.